The highest BCUT2D eigenvalue weighted by Gasteiger charge is 2.30. The van der Waals surface area contributed by atoms with Gasteiger partial charge in [0.2, 0.25) is 15.9 Å². The molecule has 1 saturated heterocycles. The predicted molar refractivity (Wildman–Crippen MR) is 115 cm³/mol. The van der Waals surface area contributed by atoms with Crippen LogP contribution in [0.5, 0.6) is 0 Å². The summed E-state index contributed by atoms with van der Waals surface area (Å²) >= 11 is 0. The number of sulfonamides is 1. The number of likely N-dealkylation sites (tertiary alicyclic amines) is 1. The highest BCUT2D eigenvalue weighted by atomic mass is 32.2. The van der Waals surface area contributed by atoms with Crippen molar-refractivity contribution in [3.8, 4) is 0 Å². The van der Waals surface area contributed by atoms with Crippen molar-refractivity contribution >= 4 is 15.9 Å². The lowest BCUT2D eigenvalue weighted by atomic mass is 9.99. The van der Waals surface area contributed by atoms with Crippen LogP contribution in [0.1, 0.15) is 43.7 Å². The maximum Gasteiger partial charge on any atom is 0.240 e. The average Bonchev–Trinajstić information content (AvgIpc) is 3.10. The number of rotatable bonds is 9. The molecular weight excluding hydrogens is 384 g/mol. The van der Waals surface area contributed by atoms with E-state index >= 15 is 0 Å². The van der Waals surface area contributed by atoms with Crippen LogP contribution in [0, 0.1) is 5.92 Å². The van der Waals surface area contributed by atoms with E-state index in [0.717, 1.165) is 18.4 Å². The monoisotopic (exact) mass is 414 g/mol. The van der Waals surface area contributed by atoms with E-state index in [9.17, 15) is 13.2 Å². The third-order valence-corrected chi connectivity index (χ3v) is 7.18. The summed E-state index contributed by atoms with van der Waals surface area (Å²) in [6.45, 7) is 5.79. The molecule has 1 N–H and O–H groups in total. The Bertz CT molecular complexity index is 911. The molecule has 2 atom stereocenters. The number of amides is 1. The first kappa shape index (κ1) is 21.5. The fourth-order valence-corrected chi connectivity index (χ4v) is 4.75. The summed E-state index contributed by atoms with van der Waals surface area (Å²) in [6.07, 6.45) is 2.22. The second-order valence-electron chi connectivity index (χ2n) is 7.88. The van der Waals surface area contributed by atoms with Crippen LogP contribution in [0.15, 0.2) is 59.5 Å². The molecule has 5 nitrogen and oxygen atoms in total. The number of nitrogens with one attached hydrogen (secondary N) is 1. The summed E-state index contributed by atoms with van der Waals surface area (Å²) in [7, 11) is -3.57. The van der Waals surface area contributed by atoms with Crippen LogP contribution in [-0.2, 0) is 21.2 Å². The average molecular weight is 415 g/mol. The zero-order valence-electron chi connectivity index (χ0n) is 17.2. The number of nitrogens with zero attached hydrogens (tertiary/aromatic N) is 1. The third-order valence-electron chi connectivity index (χ3n) is 5.74. The van der Waals surface area contributed by atoms with E-state index in [1.807, 2.05) is 35.2 Å². The van der Waals surface area contributed by atoms with E-state index in [-0.39, 0.29) is 23.3 Å². The Balaban J connectivity index is 1.52. The summed E-state index contributed by atoms with van der Waals surface area (Å²) in [5.41, 5.74) is 2.34. The molecule has 1 fully saturated rings. The van der Waals surface area contributed by atoms with Crippen molar-refractivity contribution in [2.75, 3.05) is 19.6 Å². The number of carbonyl (C=O) groups excluding carboxylic acids is 1. The maximum atomic E-state index is 12.6. The van der Waals surface area contributed by atoms with Gasteiger partial charge in [0.25, 0.3) is 0 Å². The standard InChI is InChI=1S/C23H30N2O3S/c1-3-18(2)21-9-11-22(12-10-21)29(27,28)24-16-20-15-23(26)25(17-20)14-13-19-7-5-4-6-8-19/h4-12,18,20,24H,3,13-17H2,1-2H3/t18-,20+/m0/s1. The minimum absolute atomic E-state index is 0.00688. The molecule has 0 radical (unpaired) electrons. The molecule has 156 valence electrons. The first-order chi connectivity index (χ1) is 13.9. The lowest BCUT2D eigenvalue weighted by Gasteiger charge is -2.17. The van der Waals surface area contributed by atoms with E-state index in [2.05, 4.69) is 30.7 Å². The molecule has 29 heavy (non-hydrogen) atoms. The number of hydrogen-bond donors (Lipinski definition) is 1. The molecule has 2 aromatic carbocycles. The van der Waals surface area contributed by atoms with Crippen molar-refractivity contribution in [1.82, 2.24) is 9.62 Å². The van der Waals surface area contributed by atoms with Crippen molar-refractivity contribution in [2.24, 2.45) is 5.92 Å². The van der Waals surface area contributed by atoms with Gasteiger partial charge in [-0.05, 0) is 47.9 Å². The fraction of sp³-hybridized carbons (Fsp3) is 0.435. The molecule has 1 heterocycles. The topological polar surface area (TPSA) is 66.5 Å². The number of benzene rings is 2. The van der Waals surface area contributed by atoms with Crippen LogP contribution in [0.4, 0.5) is 0 Å². The summed E-state index contributed by atoms with van der Waals surface area (Å²) in [5.74, 6) is 0.515. The summed E-state index contributed by atoms with van der Waals surface area (Å²) < 4.78 is 27.9. The normalized spacial score (nSPS) is 18.2. The first-order valence-corrected chi connectivity index (χ1v) is 11.8. The molecule has 0 aromatic heterocycles. The van der Waals surface area contributed by atoms with Crippen molar-refractivity contribution in [1.29, 1.82) is 0 Å². The Kier molecular flexibility index (Phi) is 7.09. The Morgan fingerprint density at radius 1 is 1.10 bits per heavy atom. The molecule has 0 bridgehead atoms. The summed E-state index contributed by atoms with van der Waals surface area (Å²) in [4.78, 5) is 14.4. The highest BCUT2D eigenvalue weighted by Crippen LogP contribution is 2.21. The molecule has 1 aliphatic heterocycles. The van der Waals surface area contributed by atoms with Gasteiger partial charge in [-0.25, -0.2) is 13.1 Å². The SMILES string of the molecule is CC[C@H](C)c1ccc(S(=O)(=O)NC[C@H]2CC(=O)N(CCc3ccccc3)C2)cc1. The highest BCUT2D eigenvalue weighted by molar-refractivity contribution is 7.89. The Morgan fingerprint density at radius 3 is 2.45 bits per heavy atom. The van der Waals surface area contributed by atoms with E-state index < -0.39 is 10.0 Å². The van der Waals surface area contributed by atoms with Crippen LogP contribution >= 0.6 is 0 Å². The van der Waals surface area contributed by atoms with E-state index in [4.69, 9.17) is 0 Å². The molecule has 1 amide bonds. The van der Waals surface area contributed by atoms with Gasteiger partial charge >= 0.3 is 0 Å². The number of hydrogen-bond acceptors (Lipinski definition) is 3. The van der Waals surface area contributed by atoms with Gasteiger partial charge in [0.05, 0.1) is 4.90 Å². The predicted octanol–water partition coefficient (Wildman–Crippen LogP) is 3.57. The minimum atomic E-state index is -3.57. The van der Waals surface area contributed by atoms with Crippen LogP contribution in [0.25, 0.3) is 0 Å². The minimum Gasteiger partial charge on any atom is -0.342 e. The fourth-order valence-electron chi connectivity index (χ4n) is 3.64. The van der Waals surface area contributed by atoms with Crippen LogP contribution in [0.3, 0.4) is 0 Å². The lowest BCUT2D eigenvalue weighted by molar-refractivity contribution is -0.127. The molecule has 3 rings (SSSR count). The molecule has 6 heteroatoms. The summed E-state index contributed by atoms with van der Waals surface area (Å²) in [6, 6.07) is 17.2. The maximum absolute atomic E-state index is 12.6. The van der Waals surface area contributed by atoms with Gasteiger partial charge in [-0.15, -0.1) is 0 Å². The zero-order valence-corrected chi connectivity index (χ0v) is 18.0. The molecule has 0 spiro atoms. The Labute approximate surface area is 174 Å². The lowest BCUT2D eigenvalue weighted by Crippen LogP contribution is -2.32. The van der Waals surface area contributed by atoms with Crippen molar-refractivity contribution in [2.45, 2.75) is 43.9 Å². The number of carbonyl (C=O) groups is 1. The largest absolute Gasteiger partial charge is 0.342 e. The van der Waals surface area contributed by atoms with Gasteiger partial charge in [0.15, 0.2) is 0 Å². The smallest absolute Gasteiger partial charge is 0.240 e. The van der Waals surface area contributed by atoms with E-state index in [1.165, 1.54) is 5.56 Å². The molecule has 1 aliphatic rings. The van der Waals surface area contributed by atoms with Crippen LogP contribution in [0.2, 0.25) is 0 Å². The molecule has 0 unspecified atom stereocenters. The Hall–Kier alpha value is -2.18. The molecule has 2 aromatic rings. The van der Waals surface area contributed by atoms with Gasteiger partial charge in [-0.3, -0.25) is 4.79 Å². The molecular formula is C23H30N2O3S. The quantitative estimate of drug-likeness (QED) is 0.682. The second-order valence-corrected chi connectivity index (χ2v) is 9.64. The van der Waals surface area contributed by atoms with Crippen LogP contribution < -0.4 is 4.72 Å². The van der Waals surface area contributed by atoms with Crippen molar-refractivity contribution in [3.05, 3.63) is 65.7 Å². The van der Waals surface area contributed by atoms with Gasteiger partial charge in [-0.2, -0.15) is 0 Å². The van der Waals surface area contributed by atoms with E-state index in [0.29, 0.717) is 25.4 Å². The van der Waals surface area contributed by atoms with Gasteiger partial charge in [-0.1, -0.05) is 56.3 Å². The van der Waals surface area contributed by atoms with Crippen LogP contribution in [-0.4, -0.2) is 38.9 Å². The van der Waals surface area contributed by atoms with Gasteiger partial charge < -0.3 is 4.90 Å². The third kappa shape index (κ3) is 5.67. The van der Waals surface area contributed by atoms with Crippen molar-refractivity contribution in [3.63, 3.8) is 0 Å². The second kappa shape index (κ2) is 9.55. The molecule has 0 saturated carbocycles. The molecule has 0 aliphatic carbocycles. The van der Waals surface area contributed by atoms with E-state index in [1.54, 1.807) is 12.1 Å². The van der Waals surface area contributed by atoms with Crippen molar-refractivity contribution < 1.29 is 13.2 Å². The zero-order chi connectivity index (χ0) is 20.9. The summed E-state index contributed by atoms with van der Waals surface area (Å²) in [5, 5.41) is 0. The Morgan fingerprint density at radius 2 is 1.79 bits per heavy atom. The van der Waals surface area contributed by atoms with Gasteiger partial charge in [0.1, 0.15) is 0 Å². The van der Waals surface area contributed by atoms with Gasteiger partial charge in [0, 0.05) is 26.1 Å². The first-order valence-electron chi connectivity index (χ1n) is 10.3.